The molecule has 2 bridgehead atoms. The normalized spacial score (nSPS) is 28.2. The Labute approximate surface area is 95.6 Å². The van der Waals surface area contributed by atoms with Crippen LogP contribution >= 0.6 is 0 Å². The Kier molecular flexibility index (Phi) is 2.44. The molecule has 4 nitrogen and oxygen atoms in total. The van der Waals surface area contributed by atoms with Crippen molar-refractivity contribution in [3.05, 3.63) is 18.3 Å². The van der Waals surface area contributed by atoms with Gasteiger partial charge in [0.15, 0.2) is 0 Å². The lowest BCUT2D eigenvalue weighted by molar-refractivity contribution is 0.0302. The average Bonchev–Trinajstić information content (AvgIpc) is 2.68. The first-order valence-electron chi connectivity index (χ1n) is 5.89. The Bertz CT molecular complexity index is 353. The van der Waals surface area contributed by atoms with Gasteiger partial charge in [-0.3, -0.25) is 0 Å². The molecule has 0 spiro atoms. The smallest absolute Gasteiger partial charge is 0.128 e. The summed E-state index contributed by atoms with van der Waals surface area (Å²) in [6.07, 6.45) is 5.13. The van der Waals surface area contributed by atoms with Gasteiger partial charge < -0.3 is 15.0 Å². The second kappa shape index (κ2) is 3.94. The number of ether oxygens (including phenoxy) is 1. The van der Waals surface area contributed by atoms with Crippen LogP contribution in [-0.4, -0.2) is 37.3 Å². The number of nitrogens with zero attached hydrogens (tertiary/aromatic N) is 2. The van der Waals surface area contributed by atoms with E-state index in [9.17, 15) is 0 Å². The number of pyridine rings is 1. The fourth-order valence-electron chi connectivity index (χ4n) is 2.52. The lowest BCUT2D eigenvalue weighted by Gasteiger charge is -2.32. The van der Waals surface area contributed by atoms with E-state index >= 15 is 0 Å². The molecule has 86 valence electrons. The summed E-state index contributed by atoms with van der Waals surface area (Å²) in [6, 6.07) is 4.15. The summed E-state index contributed by atoms with van der Waals surface area (Å²) in [4.78, 5) is 6.82. The summed E-state index contributed by atoms with van der Waals surface area (Å²) in [5.74, 6) is 1.07. The molecule has 2 aliphatic rings. The molecule has 0 radical (unpaired) electrons. The summed E-state index contributed by atoms with van der Waals surface area (Å²) in [5, 5.41) is 3.08. The standard InChI is InChI=1S/C12H17N3O/c1-13-9-2-5-12(14-6-9)15-7-10-3-4-11(8-15)16-10/h2,5-6,10-11,13H,3-4,7-8H2,1H3. The minimum absolute atomic E-state index is 0.421. The molecule has 1 aromatic heterocycles. The van der Waals surface area contributed by atoms with E-state index in [0.717, 1.165) is 24.6 Å². The second-order valence-electron chi connectivity index (χ2n) is 4.52. The van der Waals surface area contributed by atoms with Crippen molar-refractivity contribution in [3.63, 3.8) is 0 Å². The highest BCUT2D eigenvalue weighted by Crippen LogP contribution is 2.28. The van der Waals surface area contributed by atoms with E-state index in [2.05, 4.69) is 27.3 Å². The van der Waals surface area contributed by atoms with Gasteiger partial charge in [0.2, 0.25) is 0 Å². The molecule has 3 rings (SSSR count). The van der Waals surface area contributed by atoms with Gasteiger partial charge in [0.25, 0.3) is 0 Å². The van der Waals surface area contributed by atoms with Crippen molar-refractivity contribution in [3.8, 4) is 0 Å². The molecule has 2 saturated heterocycles. The van der Waals surface area contributed by atoms with Crippen molar-refractivity contribution in [2.75, 3.05) is 30.4 Å². The topological polar surface area (TPSA) is 37.4 Å². The minimum atomic E-state index is 0.421. The quantitative estimate of drug-likeness (QED) is 0.817. The Hall–Kier alpha value is -1.29. The SMILES string of the molecule is CNc1ccc(N2CC3CCC(C2)O3)nc1. The third-order valence-corrected chi connectivity index (χ3v) is 3.40. The summed E-state index contributed by atoms with van der Waals surface area (Å²) in [6.45, 7) is 1.98. The number of hydrogen-bond donors (Lipinski definition) is 1. The molecule has 3 heterocycles. The zero-order chi connectivity index (χ0) is 11.0. The predicted molar refractivity (Wildman–Crippen MR) is 63.9 cm³/mol. The molecule has 1 aromatic rings. The Morgan fingerprint density at radius 1 is 1.31 bits per heavy atom. The third kappa shape index (κ3) is 1.73. The zero-order valence-corrected chi connectivity index (χ0v) is 9.52. The number of rotatable bonds is 2. The van der Waals surface area contributed by atoms with Crippen molar-refractivity contribution in [2.45, 2.75) is 25.0 Å². The molecule has 2 unspecified atom stereocenters. The largest absolute Gasteiger partial charge is 0.387 e. The van der Waals surface area contributed by atoms with E-state index in [4.69, 9.17) is 4.74 Å². The predicted octanol–water partition coefficient (Wildman–Crippen LogP) is 1.49. The number of morpholine rings is 1. The molecule has 2 atom stereocenters. The van der Waals surface area contributed by atoms with Crippen LogP contribution in [0.15, 0.2) is 18.3 Å². The molecule has 16 heavy (non-hydrogen) atoms. The number of hydrogen-bond acceptors (Lipinski definition) is 4. The monoisotopic (exact) mass is 219 g/mol. The van der Waals surface area contributed by atoms with Gasteiger partial charge in [-0.25, -0.2) is 4.98 Å². The fourth-order valence-corrected chi connectivity index (χ4v) is 2.52. The lowest BCUT2D eigenvalue weighted by atomic mass is 10.2. The maximum Gasteiger partial charge on any atom is 0.128 e. The molecule has 0 aliphatic carbocycles. The third-order valence-electron chi connectivity index (χ3n) is 3.40. The van der Waals surface area contributed by atoms with Gasteiger partial charge in [0, 0.05) is 20.1 Å². The molecule has 0 saturated carbocycles. The first-order valence-corrected chi connectivity index (χ1v) is 5.89. The van der Waals surface area contributed by atoms with Gasteiger partial charge >= 0.3 is 0 Å². The van der Waals surface area contributed by atoms with Gasteiger partial charge in [-0.05, 0) is 25.0 Å². The Morgan fingerprint density at radius 3 is 2.62 bits per heavy atom. The first-order chi connectivity index (χ1) is 7.85. The lowest BCUT2D eigenvalue weighted by Crippen LogP contribution is -2.43. The van der Waals surface area contributed by atoms with Crippen LogP contribution in [0.2, 0.25) is 0 Å². The zero-order valence-electron chi connectivity index (χ0n) is 9.52. The van der Waals surface area contributed by atoms with Crippen LogP contribution in [0.3, 0.4) is 0 Å². The highest BCUT2D eigenvalue weighted by molar-refractivity contribution is 5.48. The molecule has 2 aliphatic heterocycles. The van der Waals surface area contributed by atoms with Gasteiger partial charge in [-0.1, -0.05) is 0 Å². The van der Waals surface area contributed by atoms with Crippen LogP contribution in [0.4, 0.5) is 11.5 Å². The molecular weight excluding hydrogens is 202 g/mol. The van der Waals surface area contributed by atoms with Gasteiger partial charge in [0.1, 0.15) is 5.82 Å². The Balaban J connectivity index is 1.76. The molecule has 1 N–H and O–H groups in total. The van der Waals surface area contributed by atoms with E-state index in [1.807, 2.05) is 13.2 Å². The van der Waals surface area contributed by atoms with Crippen LogP contribution in [0, 0.1) is 0 Å². The minimum Gasteiger partial charge on any atom is -0.387 e. The maximum absolute atomic E-state index is 5.81. The number of aromatic nitrogens is 1. The van der Waals surface area contributed by atoms with Crippen molar-refractivity contribution in [1.82, 2.24) is 4.98 Å². The van der Waals surface area contributed by atoms with Crippen LogP contribution in [-0.2, 0) is 4.74 Å². The number of nitrogens with one attached hydrogen (secondary N) is 1. The average molecular weight is 219 g/mol. The van der Waals surface area contributed by atoms with Crippen LogP contribution in [0.25, 0.3) is 0 Å². The van der Waals surface area contributed by atoms with E-state index < -0.39 is 0 Å². The Morgan fingerprint density at radius 2 is 2.06 bits per heavy atom. The summed E-state index contributed by atoms with van der Waals surface area (Å²) in [5.41, 5.74) is 1.06. The highest BCUT2D eigenvalue weighted by Gasteiger charge is 2.33. The van der Waals surface area contributed by atoms with Gasteiger partial charge in [-0.15, -0.1) is 0 Å². The van der Waals surface area contributed by atoms with Crippen molar-refractivity contribution in [1.29, 1.82) is 0 Å². The maximum atomic E-state index is 5.81. The second-order valence-corrected chi connectivity index (χ2v) is 4.52. The van der Waals surface area contributed by atoms with E-state index in [1.165, 1.54) is 12.8 Å². The van der Waals surface area contributed by atoms with Crippen molar-refractivity contribution < 1.29 is 4.74 Å². The summed E-state index contributed by atoms with van der Waals surface area (Å²) < 4.78 is 5.81. The van der Waals surface area contributed by atoms with Crippen LogP contribution < -0.4 is 10.2 Å². The summed E-state index contributed by atoms with van der Waals surface area (Å²) >= 11 is 0. The van der Waals surface area contributed by atoms with E-state index in [1.54, 1.807) is 0 Å². The van der Waals surface area contributed by atoms with E-state index in [0.29, 0.717) is 12.2 Å². The van der Waals surface area contributed by atoms with Crippen LogP contribution in [0.1, 0.15) is 12.8 Å². The van der Waals surface area contributed by atoms with E-state index in [-0.39, 0.29) is 0 Å². The fraction of sp³-hybridized carbons (Fsp3) is 0.583. The molecule has 4 heteroatoms. The first kappa shape index (κ1) is 9.90. The molecule has 2 fully saturated rings. The number of fused-ring (bicyclic) bond motifs is 2. The summed E-state index contributed by atoms with van der Waals surface area (Å²) in [7, 11) is 1.91. The van der Waals surface area contributed by atoms with Gasteiger partial charge in [0.05, 0.1) is 24.1 Å². The highest BCUT2D eigenvalue weighted by atomic mass is 16.5. The van der Waals surface area contributed by atoms with Crippen molar-refractivity contribution in [2.24, 2.45) is 0 Å². The number of anilines is 2. The van der Waals surface area contributed by atoms with Gasteiger partial charge in [-0.2, -0.15) is 0 Å². The molecule has 0 amide bonds. The molecular formula is C12H17N3O. The van der Waals surface area contributed by atoms with Crippen molar-refractivity contribution >= 4 is 11.5 Å². The van der Waals surface area contributed by atoms with Crippen LogP contribution in [0.5, 0.6) is 0 Å². The molecule has 0 aromatic carbocycles.